The normalized spacial score (nSPS) is 24.8. The Bertz CT molecular complexity index is 1210. The first-order valence-electron chi connectivity index (χ1n) is 10.8. The molecule has 8 nitrogen and oxygen atoms in total. The van der Waals surface area contributed by atoms with Crippen LogP contribution in [-0.2, 0) is 16.2 Å². The number of fused-ring (bicyclic) bond motifs is 5. The number of hydrogen-bond donors (Lipinski definition) is 1. The molecule has 1 saturated carbocycles. The molecule has 2 aromatic rings. The fraction of sp³-hybridized carbons (Fsp3) is 0.280. The molecule has 1 heterocycles. The molecule has 2 fully saturated rings. The average molecular weight is 525 g/mol. The first-order valence-corrected chi connectivity index (χ1v) is 11.6. The number of imide groups is 1. The Morgan fingerprint density at radius 3 is 2.38 bits per heavy atom. The third-order valence-corrected chi connectivity index (χ3v) is 7.07. The Morgan fingerprint density at radius 2 is 1.79 bits per heavy atom. The minimum absolute atomic E-state index is 0.115. The molecule has 0 spiro atoms. The van der Waals surface area contributed by atoms with Gasteiger partial charge in [0.1, 0.15) is 6.61 Å². The largest absolute Gasteiger partial charge is 0.493 e. The average Bonchev–Trinajstić information content (AvgIpc) is 3.51. The molecule has 1 saturated heterocycles. The van der Waals surface area contributed by atoms with E-state index in [0.29, 0.717) is 21.5 Å². The van der Waals surface area contributed by atoms with Gasteiger partial charge in [0.2, 0.25) is 0 Å². The summed E-state index contributed by atoms with van der Waals surface area (Å²) >= 11 is 3.44. The van der Waals surface area contributed by atoms with Gasteiger partial charge >= 0.3 is 5.97 Å². The molecule has 3 aliphatic rings. The van der Waals surface area contributed by atoms with Crippen molar-refractivity contribution < 1.29 is 29.0 Å². The van der Waals surface area contributed by atoms with Crippen LogP contribution < -0.4 is 9.47 Å². The summed E-state index contributed by atoms with van der Waals surface area (Å²) in [6, 6.07) is 9.85. The van der Waals surface area contributed by atoms with Gasteiger partial charge in [0.15, 0.2) is 11.5 Å². The number of methoxy groups -OCH3 is 1. The molecule has 2 amide bonds. The number of hydrogen-bond acceptors (Lipinski definition) is 6. The molecule has 2 bridgehead atoms. The number of aromatic carboxylic acids is 1. The van der Waals surface area contributed by atoms with Crippen LogP contribution in [-0.4, -0.2) is 41.2 Å². The van der Waals surface area contributed by atoms with E-state index in [2.05, 4.69) is 21.0 Å². The summed E-state index contributed by atoms with van der Waals surface area (Å²) in [6.07, 6.45) is 6.37. The second-order valence-corrected chi connectivity index (χ2v) is 9.47. The smallest absolute Gasteiger partial charge is 0.335 e. The lowest BCUT2D eigenvalue weighted by atomic mass is 9.85. The van der Waals surface area contributed by atoms with Crippen LogP contribution in [0.4, 0.5) is 0 Å². The summed E-state index contributed by atoms with van der Waals surface area (Å²) in [7, 11) is 1.51. The van der Waals surface area contributed by atoms with E-state index in [1.807, 2.05) is 12.2 Å². The fourth-order valence-electron chi connectivity index (χ4n) is 5.01. The van der Waals surface area contributed by atoms with E-state index in [-0.39, 0.29) is 47.7 Å². The molecule has 9 heteroatoms. The predicted molar refractivity (Wildman–Crippen MR) is 126 cm³/mol. The maximum absolute atomic E-state index is 12.9. The third kappa shape index (κ3) is 3.79. The molecule has 34 heavy (non-hydrogen) atoms. The summed E-state index contributed by atoms with van der Waals surface area (Å²) in [5, 5.41) is 14.3. The zero-order valence-electron chi connectivity index (χ0n) is 18.2. The van der Waals surface area contributed by atoms with Crippen molar-refractivity contribution >= 4 is 39.9 Å². The van der Waals surface area contributed by atoms with Gasteiger partial charge in [0.05, 0.1) is 30.7 Å². The van der Waals surface area contributed by atoms with E-state index >= 15 is 0 Å². The molecule has 174 valence electrons. The van der Waals surface area contributed by atoms with E-state index in [9.17, 15) is 14.4 Å². The maximum atomic E-state index is 12.9. The van der Waals surface area contributed by atoms with Crippen molar-refractivity contribution in [2.75, 3.05) is 7.11 Å². The molecular weight excluding hydrogens is 504 g/mol. The maximum Gasteiger partial charge on any atom is 0.335 e. The third-order valence-electron chi connectivity index (χ3n) is 6.61. The standard InChI is InChI=1S/C25H21BrN2O6/c1-33-19-10-18(26)9-17(22(19)34-12-13-2-4-14(5-3-13)25(31)32)11-27-28-23(29)20-15-6-7-16(8-15)21(20)24(28)30/h2-7,9-11,15-16,20-21H,8,12H2,1H3,(H,31,32)/t15-,16-,20-,21+/m0/s1. The van der Waals surface area contributed by atoms with Crippen LogP contribution in [0.3, 0.4) is 0 Å². The van der Waals surface area contributed by atoms with Crippen molar-refractivity contribution in [3.63, 3.8) is 0 Å². The van der Waals surface area contributed by atoms with Gasteiger partial charge in [0.25, 0.3) is 11.8 Å². The highest BCUT2D eigenvalue weighted by Gasteiger charge is 2.59. The molecule has 1 N–H and O–H groups in total. The molecule has 2 aliphatic carbocycles. The van der Waals surface area contributed by atoms with Gasteiger partial charge < -0.3 is 14.6 Å². The summed E-state index contributed by atoms with van der Waals surface area (Å²) in [5.41, 5.74) is 1.47. The first-order chi connectivity index (χ1) is 16.4. The van der Waals surface area contributed by atoms with Gasteiger partial charge in [-0.3, -0.25) is 9.59 Å². The Labute approximate surface area is 204 Å². The lowest BCUT2D eigenvalue weighted by Gasteiger charge is -2.15. The number of amides is 2. The highest BCUT2D eigenvalue weighted by molar-refractivity contribution is 9.10. The zero-order valence-corrected chi connectivity index (χ0v) is 19.8. The number of carbonyl (C=O) groups is 3. The molecule has 4 atom stereocenters. The van der Waals surface area contributed by atoms with Crippen molar-refractivity contribution in [1.82, 2.24) is 5.01 Å². The molecular formula is C25H21BrN2O6. The number of carbonyl (C=O) groups excluding carboxylic acids is 2. The molecule has 0 unspecified atom stereocenters. The Morgan fingerprint density at radius 1 is 1.15 bits per heavy atom. The Kier molecular flexibility index (Phi) is 5.73. The van der Waals surface area contributed by atoms with Gasteiger partial charge in [-0.2, -0.15) is 10.1 Å². The molecule has 0 aromatic heterocycles. The number of allylic oxidation sites excluding steroid dienone is 2. The van der Waals surface area contributed by atoms with Crippen molar-refractivity contribution in [1.29, 1.82) is 0 Å². The second kappa shape index (κ2) is 8.72. The van der Waals surface area contributed by atoms with E-state index in [4.69, 9.17) is 14.6 Å². The van der Waals surface area contributed by atoms with Crippen LogP contribution in [0.1, 0.15) is 27.9 Å². The minimum Gasteiger partial charge on any atom is -0.493 e. The SMILES string of the molecule is COc1cc(Br)cc(C=NN2C(=O)[C@@H]3[C@H](C2=O)[C@H]2C=C[C@H]3C2)c1OCc1ccc(C(=O)O)cc1. The summed E-state index contributed by atoms with van der Waals surface area (Å²) in [4.78, 5) is 36.9. The van der Waals surface area contributed by atoms with E-state index < -0.39 is 5.97 Å². The lowest BCUT2D eigenvalue weighted by molar-refractivity contribution is -0.140. The van der Waals surface area contributed by atoms with Gasteiger partial charge in [-0.05, 0) is 48.1 Å². The van der Waals surface area contributed by atoms with Gasteiger partial charge in [-0.15, -0.1) is 0 Å². The van der Waals surface area contributed by atoms with Crippen LogP contribution in [0, 0.1) is 23.7 Å². The monoisotopic (exact) mass is 524 g/mol. The van der Waals surface area contributed by atoms with Crippen LogP contribution in [0.5, 0.6) is 11.5 Å². The fourth-order valence-corrected chi connectivity index (χ4v) is 5.46. The molecule has 2 aromatic carbocycles. The number of hydrazone groups is 1. The topological polar surface area (TPSA) is 106 Å². The lowest BCUT2D eigenvalue weighted by Crippen LogP contribution is -2.28. The van der Waals surface area contributed by atoms with Crippen LogP contribution in [0.25, 0.3) is 0 Å². The molecule has 0 radical (unpaired) electrons. The number of nitrogens with zero attached hydrogens (tertiary/aromatic N) is 2. The van der Waals surface area contributed by atoms with E-state index in [0.717, 1.165) is 17.0 Å². The van der Waals surface area contributed by atoms with Crippen molar-refractivity contribution in [3.8, 4) is 11.5 Å². The number of ether oxygens (including phenoxy) is 2. The number of rotatable bonds is 7. The summed E-state index contributed by atoms with van der Waals surface area (Å²) in [6.45, 7) is 0.152. The number of halogens is 1. The summed E-state index contributed by atoms with van der Waals surface area (Å²) in [5.74, 6) is -1.10. The summed E-state index contributed by atoms with van der Waals surface area (Å²) < 4.78 is 12.2. The van der Waals surface area contributed by atoms with Crippen LogP contribution in [0.15, 0.2) is 58.1 Å². The van der Waals surface area contributed by atoms with Crippen LogP contribution >= 0.6 is 15.9 Å². The van der Waals surface area contributed by atoms with Gasteiger partial charge in [-0.1, -0.05) is 40.2 Å². The number of carboxylic acids is 1. The highest BCUT2D eigenvalue weighted by atomic mass is 79.9. The quantitative estimate of drug-likeness (QED) is 0.334. The van der Waals surface area contributed by atoms with Crippen LogP contribution in [0.2, 0.25) is 0 Å². The predicted octanol–water partition coefficient (Wildman–Crippen LogP) is 3.88. The first kappa shape index (κ1) is 22.3. The molecule has 1 aliphatic heterocycles. The Balaban J connectivity index is 1.39. The Hall–Kier alpha value is -3.46. The number of benzene rings is 2. The number of carboxylic acid groups (broad SMARTS) is 1. The second-order valence-electron chi connectivity index (χ2n) is 8.55. The zero-order chi connectivity index (χ0) is 24.0. The van der Waals surface area contributed by atoms with E-state index in [1.165, 1.54) is 25.5 Å². The van der Waals surface area contributed by atoms with E-state index in [1.54, 1.807) is 24.3 Å². The molecule has 5 rings (SSSR count). The van der Waals surface area contributed by atoms with Crippen molar-refractivity contribution in [3.05, 3.63) is 69.7 Å². The van der Waals surface area contributed by atoms with Gasteiger partial charge in [0, 0.05) is 10.0 Å². The van der Waals surface area contributed by atoms with Crippen molar-refractivity contribution in [2.24, 2.45) is 28.8 Å². The highest BCUT2D eigenvalue weighted by Crippen LogP contribution is 2.52. The van der Waals surface area contributed by atoms with Crippen molar-refractivity contribution in [2.45, 2.75) is 13.0 Å². The van der Waals surface area contributed by atoms with Gasteiger partial charge in [-0.25, -0.2) is 4.79 Å². The minimum atomic E-state index is -1.00.